The predicted molar refractivity (Wildman–Crippen MR) is 282 cm³/mol. The summed E-state index contributed by atoms with van der Waals surface area (Å²) in [6, 6.07) is 0. The maximum absolute atomic E-state index is 12.8. The minimum absolute atomic E-state index is 0.0144. The van der Waals surface area contributed by atoms with E-state index in [2.05, 4.69) is 98.9 Å². The van der Waals surface area contributed by atoms with E-state index < -0.39 is 13.9 Å². The van der Waals surface area contributed by atoms with Crippen molar-refractivity contribution in [1.29, 1.82) is 0 Å². The van der Waals surface area contributed by atoms with Gasteiger partial charge in [0.2, 0.25) is 0 Å². The number of hydrogen-bond donors (Lipinski definition) is 0. The summed E-state index contributed by atoms with van der Waals surface area (Å²) in [6.45, 7) is 5.20. The minimum Gasteiger partial charge on any atom is -0.756 e. The van der Waals surface area contributed by atoms with Gasteiger partial charge in [-0.15, -0.1) is 0 Å². The highest BCUT2D eigenvalue weighted by atomic mass is 31.2. The molecule has 0 aromatic heterocycles. The zero-order valence-electron chi connectivity index (χ0n) is 43.4. The maximum Gasteiger partial charge on any atom is 0.306 e. The number of unbranched alkanes of at least 4 members (excludes halogenated alkanes) is 21. The van der Waals surface area contributed by atoms with Gasteiger partial charge in [-0.1, -0.05) is 221 Å². The Labute approximate surface area is 407 Å². The van der Waals surface area contributed by atoms with Crippen LogP contribution in [0.15, 0.2) is 85.1 Å². The summed E-state index contributed by atoms with van der Waals surface area (Å²) in [7, 11) is 1.32. The van der Waals surface area contributed by atoms with Crippen molar-refractivity contribution in [3.8, 4) is 0 Å². The molecule has 0 fully saturated rings. The molecule has 2 unspecified atom stereocenters. The Bertz CT molecular complexity index is 1330. The van der Waals surface area contributed by atoms with Crippen LogP contribution in [0.2, 0.25) is 0 Å². The molecule has 0 aromatic rings. The molecule has 0 bridgehead atoms. The average Bonchev–Trinajstić information content (AvgIpc) is 3.28. The van der Waals surface area contributed by atoms with E-state index in [0.29, 0.717) is 24.1 Å². The number of likely N-dealkylation sites (N-methyl/N-ethyl adjacent to an activating group) is 1. The maximum atomic E-state index is 12.8. The van der Waals surface area contributed by atoms with Crippen LogP contribution in [-0.4, -0.2) is 70.7 Å². The second-order valence-corrected chi connectivity index (χ2v) is 20.3. The van der Waals surface area contributed by atoms with Gasteiger partial charge in [-0.3, -0.25) is 9.36 Å². The standard InChI is InChI=1S/C57H102NO7P/c1-6-8-10-12-14-16-18-20-22-24-26-28-29-30-31-33-35-37-39-41-43-45-47-49-52-62-54-56(55-64-66(60,61)63-53-51-58(3,4)5)65-57(59)50-48-46-44-42-40-38-36-34-32-27-25-23-21-19-17-15-13-11-9-7-2/h8,10,14,16,20,22,26,28,30-31,35,37,41,43,56H,6-7,9,11-13,15,17-19,21,23-25,27,29,32-34,36,38-40,42,44-55H2,1-5H3/b10-8-,16-14-,22-20-,28-26-,31-30-,37-35-,43-41-. The van der Waals surface area contributed by atoms with Crippen LogP contribution in [0.4, 0.5) is 0 Å². The summed E-state index contributed by atoms with van der Waals surface area (Å²) in [5.41, 5.74) is 0. The molecule has 0 aliphatic heterocycles. The van der Waals surface area contributed by atoms with Gasteiger partial charge in [0, 0.05) is 13.0 Å². The third-order valence-corrected chi connectivity index (χ3v) is 12.2. The zero-order chi connectivity index (χ0) is 48.3. The molecule has 9 heteroatoms. The van der Waals surface area contributed by atoms with Crippen molar-refractivity contribution in [2.45, 2.75) is 219 Å². The molecule has 0 aromatic carbocycles. The molecule has 0 N–H and O–H groups in total. The van der Waals surface area contributed by atoms with E-state index in [1.807, 2.05) is 21.1 Å². The number of carbonyl (C=O) groups excluding carboxylic acids is 1. The largest absolute Gasteiger partial charge is 0.756 e. The number of esters is 1. The number of phosphoric ester groups is 1. The van der Waals surface area contributed by atoms with Crippen molar-refractivity contribution in [3.05, 3.63) is 85.1 Å². The first kappa shape index (κ1) is 63.7. The normalized spacial score (nSPS) is 14.2. The van der Waals surface area contributed by atoms with Crippen LogP contribution in [0, 0.1) is 0 Å². The fraction of sp³-hybridized carbons (Fsp3) is 0.737. The van der Waals surface area contributed by atoms with Crippen molar-refractivity contribution in [3.63, 3.8) is 0 Å². The number of hydrogen-bond acceptors (Lipinski definition) is 7. The van der Waals surface area contributed by atoms with Gasteiger partial charge in [-0.05, 0) is 70.6 Å². The Hall–Kier alpha value is -2.32. The number of quaternary nitrogens is 1. The summed E-state index contributed by atoms with van der Waals surface area (Å²) in [5, 5.41) is 0. The van der Waals surface area contributed by atoms with Crippen LogP contribution in [0.1, 0.15) is 213 Å². The molecule has 2 atom stereocenters. The molecular weight excluding hydrogens is 842 g/mol. The first-order valence-electron chi connectivity index (χ1n) is 26.8. The number of rotatable bonds is 49. The number of allylic oxidation sites excluding steroid dienone is 14. The van der Waals surface area contributed by atoms with Crippen molar-refractivity contribution in [1.82, 2.24) is 0 Å². The van der Waals surface area contributed by atoms with Gasteiger partial charge in [0.1, 0.15) is 19.3 Å². The molecule has 0 aliphatic carbocycles. The summed E-state index contributed by atoms with van der Waals surface area (Å²) < 4.78 is 34.7. The van der Waals surface area contributed by atoms with Crippen molar-refractivity contribution < 1.29 is 37.3 Å². The van der Waals surface area contributed by atoms with E-state index in [1.54, 1.807) is 0 Å². The van der Waals surface area contributed by atoms with E-state index >= 15 is 0 Å². The fourth-order valence-corrected chi connectivity index (χ4v) is 7.84. The van der Waals surface area contributed by atoms with Crippen molar-refractivity contribution in [2.75, 3.05) is 54.1 Å². The fourth-order valence-electron chi connectivity index (χ4n) is 7.12. The van der Waals surface area contributed by atoms with E-state index in [0.717, 1.165) is 83.5 Å². The summed E-state index contributed by atoms with van der Waals surface area (Å²) in [4.78, 5) is 25.2. The number of phosphoric acid groups is 1. The molecule has 382 valence electrons. The highest BCUT2D eigenvalue weighted by molar-refractivity contribution is 7.45. The Kier molecular flexibility index (Phi) is 47.4. The lowest BCUT2D eigenvalue weighted by molar-refractivity contribution is -0.870. The summed E-state index contributed by atoms with van der Waals surface area (Å²) in [5.74, 6) is -0.349. The van der Waals surface area contributed by atoms with Crippen LogP contribution < -0.4 is 4.89 Å². The highest BCUT2D eigenvalue weighted by Crippen LogP contribution is 2.38. The van der Waals surface area contributed by atoms with Gasteiger partial charge in [-0.25, -0.2) is 0 Å². The van der Waals surface area contributed by atoms with Crippen LogP contribution >= 0.6 is 7.82 Å². The lowest BCUT2D eigenvalue weighted by Crippen LogP contribution is -2.37. The molecule has 0 saturated carbocycles. The van der Waals surface area contributed by atoms with Crippen LogP contribution in [0.25, 0.3) is 0 Å². The SMILES string of the molecule is CC/C=C\C/C=C\C/C=C\C/C=C\C/C=C\C/C=C\C/C=C\CCCCOCC(COP(=O)([O-])OCC[N+](C)(C)C)OC(=O)CCCCCCCCCCCCCCCCCCCCCC. The van der Waals surface area contributed by atoms with E-state index in [-0.39, 0.29) is 25.8 Å². The number of nitrogens with zero attached hydrogens (tertiary/aromatic N) is 1. The molecule has 66 heavy (non-hydrogen) atoms. The monoisotopic (exact) mass is 944 g/mol. The molecule has 0 radical (unpaired) electrons. The molecule has 0 saturated heterocycles. The van der Waals surface area contributed by atoms with Crippen LogP contribution in [0.5, 0.6) is 0 Å². The molecule has 0 heterocycles. The predicted octanol–water partition coefficient (Wildman–Crippen LogP) is 16.1. The van der Waals surface area contributed by atoms with Crippen LogP contribution in [0.3, 0.4) is 0 Å². The molecule has 0 aliphatic rings. The molecule has 0 rings (SSSR count). The second kappa shape index (κ2) is 49.1. The Morgan fingerprint density at radius 1 is 0.485 bits per heavy atom. The quantitative estimate of drug-likeness (QED) is 0.0197. The number of carbonyl (C=O) groups is 1. The van der Waals surface area contributed by atoms with Crippen molar-refractivity contribution >= 4 is 13.8 Å². The molecular formula is C57H102NO7P. The van der Waals surface area contributed by atoms with Gasteiger partial charge < -0.3 is 27.9 Å². The molecule has 8 nitrogen and oxygen atoms in total. The van der Waals surface area contributed by atoms with Crippen LogP contribution in [-0.2, 0) is 27.9 Å². The number of ether oxygens (including phenoxy) is 2. The topological polar surface area (TPSA) is 94.1 Å². The average molecular weight is 944 g/mol. The third kappa shape index (κ3) is 52.6. The lowest BCUT2D eigenvalue weighted by atomic mass is 10.0. The highest BCUT2D eigenvalue weighted by Gasteiger charge is 2.20. The van der Waals surface area contributed by atoms with Gasteiger partial charge in [0.25, 0.3) is 7.82 Å². The summed E-state index contributed by atoms with van der Waals surface area (Å²) >= 11 is 0. The Balaban J connectivity index is 4.22. The third-order valence-electron chi connectivity index (χ3n) is 11.2. The molecule has 0 amide bonds. The lowest BCUT2D eigenvalue weighted by Gasteiger charge is -2.28. The van der Waals surface area contributed by atoms with E-state index in [9.17, 15) is 14.3 Å². The van der Waals surface area contributed by atoms with E-state index in [4.69, 9.17) is 18.5 Å². The van der Waals surface area contributed by atoms with Gasteiger partial charge in [-0.2, -0.15) is 0 Å². The zero-order valence-corrected chi connectivity index (χ0v) is 44.3. The van der Waals surface area contributed by atoms with Gasteiger partial charge in [0.05, 0.1) is 34.4 Å². The Morgan fingerprint density at radius 2 is 0.879 bits per heavy atom. The Morgan fingerprint density at radius 3 is 1.29 bits per heavy atom. The summed E-state index contributed by atoms with van der Waals surface area (Å²) in [6.07, 6.45) is 66.2. The van der Waals surface area contributed by atoms with Crippen molar-refractivity contribution in [2.24, 2.45) is 0 Å². The second-order valence-electron chi connectivity index (χ2n) is 18.9. The smallest absolute Gasteiger partial charge is 0.306 e. The first-order chi connectivity index (χ1) is 32.1. The minimum atomic E-state index is -4.55. The van der Waals surface area contributed by atoms with Gasteiger partial charge >= 0.3 is 5.97 Å². The van der Waals surface area contributed by atoms with E-state index in [1.165, 1.54) is 109 Å². The molecule has 0 spiro atoms. The van der Waals surface area contributed by atoms with Gasteiger partial charge in [0.15, 0.2) is 0 Å². The first-order valence-corrected chi connectivity index (χ1v) is 28.3.